The van der Waals surface area contributed by atoms with Gasteiger partial charge in [0.05, 0.1) is 9.79 Å². The average Bonchev–Trinajstić information content (AvgIpc) is 2.39. The molecule has 112 valence electrons. The first-order valence-electron chi connectivity index (χ1n) is 6.50. The van der Waals surface area contributed by atoms with Crippen molar-refractivity contribution in [3.8, 4) is 11.5 Å². The van der Waals surface area contributed by atoms with Crippen molar-refractivity contribution in [2.75, 3.05) is 0 Å². The van der Waals surface area contributed by atoms with Gasteiger partial charge in [0.2, 0.25) is 9.84 Å². The topological polar surface area (TPSA) is 74.6 Å². The predicted octanol–water partition coefficient (Wildman–Crippen LogP) is 3.16. The number of phenolic OH excluding ortho intramolecular Hbond substituents is 2. The molecule has 0 saturated carbocycles. The van der Waals surface area contributed by atoms with Gasteiger partial charge in [0, 0.05) is 0 Å². The summed E-state index contributed by atoms with van der Waals surface area (Å²) < 4.78 is 25.7. The quantitative estimate of drug-likeness (QED) is 0.893. The third kappa shape index (κ3) is 2.49. The van der Waals surface area contributed by atoms with Crippen LogP contribution in [0.5, 0.6) is 11.5 Å². The Labute approximate surface area is 124 Å². The number of hydrogen-bond acceptors (Lipinski definition) is 4. The summed E-state index contributed by atoms with van der Waals surface area (Å²) in [7, 11) is -3.76. The monoisotopic (exact) mass is 306 g/mol. The third-order valence-electron chi connectivity index (χ3n) is 3.89. The molecule has 0 aliphatic carbocycles. The molecular formula is C16H18O4S. The van der Waals surface area contributed by atoms with E-state index < -0.39 is 9.84 Å². The fraction of sp³-hybridized carbons (Fsp3) is 0.250. The largest absolute Gasteiger partial charge is 0.508 e. The SMILES string of the molecule is Cc1cc(O)cc(S(=O)(=O)c2ccc(O)c(C)c2C)c1C. The maximum Gasteiger partial charge on any atom is 0.207 e. The fourth-order valence-corrected chi connectivity index (χ4v) is 4.16. The van der Waals surface area contributed by atoms with Gasteiger partial charge in [-0.15, -0.1) is 0 Å². The Hall–Kier alpha value is -2.01. The Bertz CT molecular complexity index is 821. The predicted molar refractivity (Wildman–Crippen MR) is 80.6 cm³/mol. The van der Waals surface area contributed by atoms with Crippen molar-refractivity contribution in [1.29, 1.82) is 0 Å². The van der Waals surface area contributed by atoms with Crippen LogP contribution in [0.15, 0.2) is 34.1 Å². The van der Waals surface area contributed by atoms with Crippen LogP contribution in [0.3, 0.4) is 0 Å². The van der Waals surface area contributed by atoms with Crippen molar-refractivity contribution in [3.05, 3.63) is 46.5 Å². The van der Waals surface area contributed by atoms with Gasteiger partial charge in [-0.1, -0.05) is 0 Å². The zero-order chi connectivity index (χ0) is 15.9. The second-order valence-corrected chi connectivity index (χ2v) is 7.11. The molecule has 0 amide bonds. The smallest absolute Gasteiger partial charge is 0.207 e. The molecule has 0 aromatic heterocycles. The molecule has 0 aliphatic heterocycles. The van der Waals surface area contributed by atoms with Crippen LogP contribution in [-0.4, -0.2) is 18.6 Å². The number of hydrogen-bond donors (Lipinski definition) is 2. The highest BCUT2D eigenvalue weighted by molar-refractivity contribution is 7.91. The van der Waals surface area contributed by atoms with Crippen LogP contribution in [0.2, 0.25) is 0 Å². The number of rotatable bonds is 2. The van der Waals surface area contributed by atoms with E-state index in [-0.39, 0.29) is 21.3 Å². The minimum atomic E-state index is -3.76. The Balaban J connectivity index is 2.78. The van der Waals surface area contributed by atoms with E-state index >= 15 is 0 Å². The molecule has 0 saturated heterocycles. The highest BCUT2D eigenvalue weighted by Crippen LogP contribution is 2.33. The zero-order valence-corrected chi connectivity index (χ0v) is 13.2. The van der Waals surface area contributed by atoms with Gasteiger partial charge in [0.1, 0.15) is 11.5 Å². The lowest BCUT2D eigenvalue weighted by Crippen LogP contribution is -2.08. The summed E-state index contributed by atoms with van der Waals surface area (Å²) in [5.74, 6) is -0.0138. The number of phenols is 2. The van der Waals surface area contributed by atoms with Crippen LogP contribution in [0.25, 0.3) is 0 Å². The van der Waals surface area contributed by atoms with E-state index in [0.717, 1.165) is 0 Å². The maximum atomic E-state index is 12.9. The first-order valence-corrected chi connectivity index (χ1v) is 7.99. The summed E-state index contributed by atoms with van der Waals surface area (Å²) in [6, 6.07) is 5.56. The van der Waals surface area contributed by atoms with Crippen molar-refractivity contribution in [3.63, 3.8) is 0 Å². The molecule has 21 heavy (non-hydrogen) atoms. The van der Waals surface area contributed by atoms with Crippen LogP contribution >= 0.6 is 0 Å². The average molecular weight is 306 g/mol. The normalized spacial score (nSPS) is 11.6. The van der Waals surface area contributed by atoms with Gasteiger partial charge < -0.3 is 10.2 Å². The van der Waals surface area contributed by atoms with Crippen molar-refractivity contribution in [1.82, 2.24) is 0 Å². The summed E-state index contributed by atoms with van der Waals surface area (Å²) in [6.45, 7) is 6.80. The fourth-order valence-electron chi connectivity index (χ4n) is 2.28. The second-order valence-electron chi connectivity index (χ2n) is 5.22. The molecule has 4 nitrogen and oxygen atoms in total. The van der Waals surface area contributed by atoms with Crippen molar-refractivity contribution < 1.29 is 18.6 Å². The van der Waals surface area contributed by atoms with Gasteiger partial charge in [-0.3, -0.25) is 0 Å². The van der Waals surface area contributed by atoms with E-state index in [9.17, 15) is 18.6 Å². The molecule has 0 spiro atoms. The minimum Gasteiger partial charge on any atom is -0.508 e. The van der Waals surface area contributed by atoms with Gasteiger partial charge in [-0.05, 0) is 74.2 Å². The highest BCUT2D eigenvalue weighted by Gasteiger charge is 2.24. The van der Waals surface area contributed by atoms with Gasteiger partial charge >= 0.3 is 0 Å². The van der Waals surface area contributed by atoms with Crippen LogP contribution in [0, 0.1) is 27.7 Å². The lowest BCUT2D eigenvalue weighted by molar-refractivity contribution is 0.469. The number of aryl methyl sites for hydroxylation is 1. The molecule has 0 bridgehead atoms. The molecule has 0 atom stereocenters. The molecule has 2 N–H and O–H groups in total. The summed E-state index contributed by atoms with van der Waals surface area (Å²) >= 11 is 0. The second kappa shape index (κ2) is 5.07. The van der Waals surface area contributed by atoms with Crippen molar-refractivity contribution >= 4 is 9.84 Å². The molecule has 0 aliphatic rings. The van der Waals surface area contributed by atoms with E-state index in [0.29, 0.717) is 22.3 Å². The molecule has 5 heteroatoms. The number of benzene rings is 2. The summed E-state index contributed by atoms with van der Waals surface area (Å²) in [6.07, 6.45) is 0. The Morgan fingerprint density at radius 1 is 0.810 bits per heavy atom. The summed E-state index contributed by atoms with van der Waals surface area (Å²) in [4.78, 5) is 0.235. The summed E-state index contributed by atoms with van der Waals surface area (Å²) in [5, 5.41) is 19.4. The Morgan fingerprint density at radius 3 is 2.05 bits per heavy atom. The Kier molecular flexibility index (Phi) is 3.72. The number of sulfone groups is 1. The number of aromatic hydroxyl groups is 2. The van der Waals surface area contributed by atoms with Gasteiger partial charge in [-0.2, -0.15) is 0 Å². The lowest BCUT2D eigenvalue weighted by Gasteiger charge is -2.14. The molecule has 0 unspecified atom stereocenters. The van der Waals surface area contributed by atoms with E-state index in [2.05, 4.69) is 0 Å². The first-order chi connectivity index (χ1) is 9.66. The van der Waals surface area contributed by atoms with E-state index in [1.807, 2.05) is 0 Å². The standard InChI is InChI=1S/C16H18O4S/c1-9-7-13(17)8-16(10(9)2)21(19,20)15-6-5-14(18)11(3)12(15)4/h5-8,17-18H,1-4H3. The third-order valence-corrected chi connectivity index (χ3v) is 5.92. The molecule has 0 radical (unpaired) electrons. The first kappa shape index (κ1) is 15.4. The van der Waals surface area contributed by atoms with Crippen LogP contribution in [0.1, 0.15) is 22.3 Å². The molecule has 0 heterocycles. The van der Waals surface area contributed by atoms with Crippen LogP contribution in [-0.2, 0) is 9.84 Å². The van der Waals surface area contributed by atoms with Crippen molar-refractivity contribution in [2.24, 2.45) is 0 Å². The van der Waals surface area contributed by atoms with Crippen molar-refractivity contribution in [2.45, 2.75) is 37.5 Å². The van der Waals surface area contributed by atoms with Gasteiger partial charge in [-0.25, -0.2) is 8.42 Å². The van der Waals surface area contributed by atoms with E-state index in [1.165, 1.54) is 24.3 Å². The minimum absolute atomic E-state index is 0.0651. The lowest BCUT2D eigenvalue weighted by atomic mass is 10.1. The summed E-state index contributed by atoms with van der Waals surface area (Å²) in [5.41, 5.74) is 2.36. The maximum absolute atomic E-state index is 12.9. The van der Waals surface area contributed by atoms with E-state index in [1.54, 1.807) is 27.7 Å². The van der Waals surface area contributed by atoms with Gasteiger partial charge in [0.25, 0.3) is 0 Å². The molecular weight excluding hydrogens is 288 g/mol. The van der Waals surface area contributed by atoms with E-state index in [4.69, 9.17) is 0 Å². The Morgan fingerprint density at radius 2 is 1.43 bits per heavy atom. The highest BCUT2D eigenvalue weighted by atomic mass is 32.2. The zero-order valence-electron chi connectivity index (χ0n) is 12.4. The molecule has 0 fully saturated rings. The van der Waals surface area contributed by atoms with Crippen LogP contribution in [0.4, 0.5) is 0 Å². The molecule has 2 aromatic rings. The van der Waals surface area contributed by atoms with Gasteiger partial charge in [0.15, 0.2) is 0 Å². The van der Waals surface area contributed by atoms with Crippen LogP contribution < -0.4 is 0 Å². The molecule has 2 aromatic carbocycles. The molecule has 2 rings (SSSR count).